The summed E-state index contributed by atoms with van der Waals surface area (Å²) in [6, 6.07) is 3.58. The van der Waals surface area contributed by atoms with E-state index in [9.17, 15) is 4.79 Å². The molecule has 10 heteroatoms. The number of methoxy groups -OCH3 is 1. The van der Waals surface area contributed by atoms with Crippen LogP contribution in [0.5, 0.6) is 5.75 Å². The van der Waals surface area contributed by atoms with Crippen LogP contribution in [0.3, 0.4) is 0 Å². The van der Waals surface area contributed by atoms with Crippen molar-refractivity contribution in [3.63, 3.8) is 0 Å². The van der Waals surface area contributed by atoms with E-state index in [0.29, 0.717) is 29.5 Å². The molecule has 0 aliphatic carbocycles. The molecule has 1 saturated heterocycles. The summed E-state index contributed by atoms with van der Waals surface area (Å²) < 4.78 is 7.10. The standard InChI is InChI=1S/C22H28N8O2/c1-14-25-19-11-16(18(32-4)12-30(19)27-14)26-21(31)29-9-6-15-17(5-7-23-20(15)29)28-10-8-24-22(2,3)13-28/h5,7,11-12,24H,6,8-10,13H2,1-4H3,(H,26,31). The lowest BCUT2D eigenvalue weighted by atomic mass is 10.0. The molecule has 10 nitrogen and oxygen atoms in total. The first-order valence-electron chi connectivity index (χ1n) is 10.8. The summed E-state index contributed by atoms with van der Waals surface area (Å²) in [5.74, 6) is 1.88. The highest BCUT2D eigenvalue weighted by atomic mass is 16.5. The maximum Gasteiger partial charge on any atom is 0.327 e. The highest BCUT2D eigenvalue weighted by molar-refractivity contribution is 6.04. The number of piperazine rings is 1. The fraction of sp³-hybridized carbons (Fsp3) is 0.455. The number of carbonyl (C=O) groups excluding carboxylic acids is 1. The van der Waals surface area contributed by atoms with Gasteiger partial charge >= 0.3 is 6.03 Å². The van der Waals surface area contributed by atoms with E-state index in [4.69, 9.17) is 4.74 Å². The Bertz CT molecular complexity index is 1190. The molecule has 1 fully saturated rings. The number of anilines is 3. The molecule has 2 aliphatic rings. The van der Waals surface area contributed by atoms with Crippen molar-refractivity contribution in [2.45, 2.75) is 32.7 Å². The summed E-state index contributed by atoms with van der Waals surface area (Å²) >= 11 is 0. The molecule has 0 saturated carbocycles. The zero-order chi connectivity index (χ0) is 22.5. The van der Waals surface area contributed by atoms with Gasteiger partial charge in [-0.05, 0) is 33.3 Å². The molecule has 2 N–H and O–H groups in total. The van der Waals surface area contributed by atoms with Gasteiger partial charge in [0, 0.05) is 55.2 Å². The van der Waals surface area contributed by atoms with E-state index in [1.54, 1.807) is 35.0 Å². The lowest BCUT2D eigenvalue weighted by molar-refractivity contribution is 0.257. The number of amides is 2. The minimum absolute atomic E-state index is 0.0410. The van der Waals surface area contributed by atoms with Gasteiger partial charge in [0.05, 0.1) is 19.0 Å². The average molecular weight is 437 g/mol. The quantitative estimate of drug-likeness (QED) is 0.649. The van der Waals surface area contributed by atoms with E-state index in [2.05, 4.69) is 50.5 Å². The molecule has 0 bridgehead atoms. The van der Waals surface area contributed by atoms with Crippen molar-refractivity contribution in [2.24, 2.45) is 0 Å². The molecular weight excluding hydrogens is 408 g/mol. The van der Waals surface area contributed by atoms with Gasteiger partial charge in [-0.2, -0.15) is 5.10 Å². The molecule has 3 aromatic heterocycles. The zero-order valence-corrected chi connectivity index (χ0v) is 18.8. The van der Waals surface area contributed by atoms with Crippen LogP contribution >= 0.6 is 0 Å². The van der Waals surface area contributed by atoms with Gasteiger partial charge in [-0.1, -0.05) is 0 Å². The molecule has 168 valence electrons. The molecule has 2 amide bonds. The normalized spacial score (nSPS) is 17.5. The predicted octanol–water partition coefficient (Wildman–Crippen LogP) is 2.22. The van der Waals surface area contributed by atoms with Crippen molar-refractivity contribution in [3.05, 3.63) is 35.9 Å². The third kappa shape index (κ3) is 3.60. The highest BCUT2D eigenvalue weighted by Crippen LogP contribution is 2.35. The summed E-state index contributed by atoms with van der Waals surface area (Å²) in [6.07, 6.45) is 4.28. The first-order chi connectivity index (χ1) is 15.3. The summed E-state index contributed by atoms with van der Waals surface area (Å²) in [4.78, 5) is 26.3. The van der Waals surface area contributed by atoms with Crippen LogP contribution in [0.1, 0.15) is 25.2 Å². The van der Waals surface area contributed by atoms with Crippen molar-refractivity contribution >= 4 is 28.9 Å². The second kappa shape index (κ2) is 7.63. The molecule has 0 spiro atoms. The SMILES string of the molecule is COc1cn2nc(C)nc2cc1NC(=O)N1CCc2c(N3CCNC(C)(C)C3)ccnc21. The van der Waals surface area contributed by atoms with Gasteiger partial charge in [-0.25, -0.2) is 19.3 Å². The van der Waals surface area contributed by atoms with Crippen molar-refractivity contribution in [1.29, 1.82) is 0 Å². The Morgan fingerprint density at radius 1 is 1.31 bits per heavy atom. The molecule has 5 rings (SSSR count). The van der Waals surface area contributed by atoms with Gasteiger partial charge in [0.25, 0.3) is 0 Å². The first-order valence-corrected chi connectivity index (χ1v) is 10.8. The van der Waals surface area contributed by atoms with Crippen LogP contribution < -0.4 is 25.2 Å². The fourth-order valence-electron chi connectivity index (χ4n) is 4.58. The Kier molecular flexibility index (Phi) is 4.89. The topological polar surface area (TPSA) is 99.9 Å². The van der Waals surface area contributed by atoms with E-state index in [1.165, 1.54) is 0 Å². The molecule has 0 atom stereocenters. The number of nitrogens with one attached hydrogen (secondary N) is 2. The van der Waals surface area contributed by atoms with Gasteiger partial charge in [0.2, 0.25) is 0 Å². The second-order valence-electron chi connectivity index (χ2n) is 8.91. The molecule has 0 aromatic carbocycles. The molecule has 5 heterocycles. The number of hydrogen-bond donors (Lipinski definition) is 2. The number of ether oxygens (including phenoxy) is 1. The van der Waals surface area contributed by atoms with Crippen LogP contribution in [0.15, 0.2) is 24.5 Å². The summed E-state index contributed by atoms with van der Waals surface area (Å²) in [7, 11) is 1.56. The maximum absolute atomic E-state index is 13.2. The molecule has 0 radical (unpaired) electrons. The number of hydrogen-bond acceptors (Lipinski definition) is 7. The number of urea groups is 1. The molecular formula is C22H28N8O2. The number of rotatable bonds is 3. The van der Waals surface area contributed by atoms with Crippen LogP contribution in [0.25, 0.3) is 5.65 Å². The molecule has 32 heavy (non-hydrogen) atoms. The number of aromatic nitrogens is 4. The molecule has 2 aliphatic heterocycles. The van der Waals surface area contributed by atoms with E-state index in [1.807, 2.05) is 6.92 Å². The van der Waals surface area contributed by atoms with Gasteiger partial charge < -0.3 is 20.3 Å². The minimum Gasteiger partial charge on any atom is -0.493 e. The lowest BCUT2D eigenvalue weighted by Crippen LogP contribution is -2.57. The maximum atomic E-state index is 13.2. The Labute approximate surface area is 186 Å². The number of fused-ring (bicyclic) bond motifs is 2. The Balaban J connectivity index is 1.41. The fourth-order valence-corrected chi connectivity index (χ4v) is 4.58. The monoisotopic (exact) mass is 436 g/mol. The van der Waals surface area contributed by atoms with Crippen molar-refractivity contribution in [2.75, 3.05) is 48.4 Å². The van der Waals surface area contributed by atoms with Gasteiger partial charge in [-0.15, -0.1) is 0 Å². The first kappa shape index (κ1) is 20.5. The van der Waals surface area contributed by atoms with Crippen LogP contribution in [0.2, 0.25) is 0 Å². The van der Waals surface area contributed by atoms with Crippen LogP contribution in [-0.2, 0) is 6.42 Å². The summed E-state index contributed by atoms with van der Waals surface area (Å²) in [5, 5.41) is 10.8. The van der Waals surface area contributed by atoms with Crippen molar-refractivity contribution < 1.29 is 9.53 Å². The lowest BCUT2D eigenvalue weighted by Gasteiger charge is -2.41. The van der Waals surface area contributed by atoms with Crippen LogP contribution in [0.4, 0.5) is 22.0 Å². The summed E-state index contributed by atoms with van der Waals surface area (Å²) in [6.45, 7) is 9.59. The van der Waals surface area contributed by atoms with E-state index in [-0.39, 0.29) is 11.6 Å². The number of carbonyl (C=O) groups is 1. The van der Waals surface area contributed by atoms with E-state index < -0.39 is 0 Å². The van der Waals surface area contributed by atoms with Crippen molar-refractivity contribution in [1.82, 2.24) is 24.9 Å². The second-order valence-corrected chi connectivity index (χ2v) is 8.91. The number of aryl methyl sites for hydroxylation is 1. The molecule has 0 unspecified atom stereocenters. The van der Waals surface area contributed by atoms with Crippen LogP contribution in [-0.4, -0.2) is 64.4 Å². The third-order valence-corrected chi connectivity index (χ3v) is 6.01. The third-order valence-electron chi connectivity index (χ3n) is 6.01. The number of nitrogens with zero attached hydrogens (tertiary/aromatic N) is 6. The average Bonchev–Trinajstić information content (AvgIpc) is 3.34. The Morgan fingerprint density at radius 3 is 2.94 bits per heavy atom. The van der Waals surface area contributed by atoms with Crippen molar-refractivity contribution in [3.8, 4) is 5.75 Å². The van der Waals surface area contributed by atoms with Gasteiger partial charge in [0.15, 0.2) is 11.4 Å². The van der Waals surface area contributed by atoms with Gasteiger partial charge in [-0.3, -0.25) is 4.90 Å². The largest absolute Gasteiger partial charge is 0.493 e. The highest BCUT2D eigenvalue weighted by Gasteiger charge is 2.33. The minimum atomic E-state index is -0.243. The Morgan fingerprint density at radius 2 is 2.16 bits per heavy atom. The van der Waals surface area contributed by atoms with Gasteiger partial charge in [0.1, 0.15) is 11.6 Å². The zero-order valence-electron chi connectivity index (χ0n) is 18.8. The van der Waals surface area contributed by atoms with Crippen LogP contribution in [0, 0.1) is 6.92 Å². The smallest absolute Gasteiger partial charge is 0.327 e. The Hall–Kier alpha value is -3.40. The number of pyridine rings is 2. The molecule has 3 aromatic rings. The summed E-state index contributed by atoms with van der Waals surface area (Å²) in [5.41, 5.74) is 3.51. The van der Waals surface area contributed by atoms with E-state index in [0.717, 1.165) is 43.1 Å². The predicted molar refractivity (Wildman–Crippen MR) is 123 cm³/mol. The van der Waals surface area contributed by atoms with E-state index >= 15 is 0 Å².